The van der Waals surface area contributed by atoms with Crippen molar-refractivity contribution in [3.63, 3.8) is 0 Å². The van der Waals surface area contributed by atoms with E-state index in [1.165, 1.54) is 0 Å². The Morgan fingerprint density at radius 3 is 2.12 bits per heavy atom. The van der Waals surface area contributed by atoms with Gasteiger partial charge < -0.3 is 5.11 Å². The van der Waals surface area contributed by atoms with Crippen molar-refractivity contribution in [3.8, 4) is 0 Å². The van der Waals surface area contributed by atoms with E-state index in [1.807, 2.05) is 6.92 Å². The lowest BCUT2D eigenvalue weighted by molar-refractivity contribution is -0.138. The normalized spacial score (nSPS) is 13.1. The molecule has 0 rings (SSSR count). The lowest BCUT2D eigenvalue weighted by Crippen LogP contribution is -2.38. The Labute approximate surface area is 97.4 Å². The molecule has 0 aliphatic heterocycles. The summed E-state index contributed by atoms with van der Waals surface area (Å²) >= 11 is 0. The van der Waals surface area contributed by atoms with Crippen LogP contribution in [0.25, 0.3) is 0 Å². The molecule has 1 N–H and O–H groups in total. The first-order valence-electron chi connectivity index (χ1n) is 5.26. The van der Waals surface area contributed by atoms with Gasteiger partial charge in [-0.15, -0.1) is 0 Å². The average Bonchev–Trinajstić information content (AvgIpc) is 2.09. The van der Waals surface area contributed by atoms with Crippen LogP contribution in [0.1, 0.15) is 27.7 Å². The number of hydrogen-bond acceptors (Lipinski definition) is 4. The molecular weight excluding hydrogens is 230 g/mol. The Morgan fingerprint density at radius 1 is 1.31 bits per heavy atom. The van der Waals surface area contributed by atoms with Gasteiger partial charge in [-0.3, -0.25) is 9.69 Å². The summed E-state index contributed by atoms with van der Waals surface area (Å²) in [6.45, 7) is 7.44. The molecule has 0 aliphatic carbocycles. The molecule has 0 spiro atoms. The highest BCUT2D eigenvalue weighted by Crippen LogP contribution is 2.15. The Morgan fingerprint density at radius 2 is 1.81 bits per heavy atom. The van der Waals surface area contributed by atoms with Crippen LogP contribution in [0.3, 0.4) is 0 Å². The number of hydrogen-bond donors (Lipinski definition) is 1. The first kappa shape index (κ1) is 15.4. The first-order chi connectivity index (χ1) is 7.10. The van der Waals surface area contributed by atoms with E-state index in [4.69, 9.17) is 5.11 Å². The predicted molar refractivity (Wildman–Crippen MR) is 63.3 cm³/mol. The van der Waals surface area contributed by atoms with Crippen molar-refractivity contribution in [3.05, 3.63) is 0 Å². The number of rotatable bonds is 6. The van der Waals surface area contributed by atoms with E-state index in [9.17, 15) is 13.2 Å². The van der Waals surface area contributed by atoms with Crippen LogP contribution >= 0.6 is 0 Å². The van der Waals surface area contributed by atoms with Crippen LogP contribution in [0.5, 0.6) is 0 Å². The van der Waals surface area contributed by atoms with Crippen LogP contribution in [-0.4, -0.2) is 54.5 Å². The highest BCUT2D eigenvalue weighted by Gasteiger charge is 2.29. The molecule has 96 valence electrons. The molecule has 0 saturated heterocycles. The van der Waals surface area contributed by atoms with Crippen LogP contribution in [0.15, 0.2) is 0 Å². The zero-order valence-corrected chi connectivity index (χ0v) is 11.2. The summed E-state index contributed by atoms with van der Waals surface area (Å²) in [5.41, 5.74) is 0. The SMILES string of the molecule is CCN(CCS(=O)(=O)C(C)(C)C)CC(=O)O. The fourth-order valence-corrected chi connectivity index (χ4v) is 2.21. The Hall–Kier alpha value is -0.620. The van der Waals surface area contributed by atoms with Gasteiger partial charge in [0.1, 0.15) is 0 Å². The summed E-state index contributed by atoms with van der Waals surface area (Å²) in [6, 6.07) is 0. The smallest absolute Gasteiger partial charge is 0.317 e. The number of nitrogens with zero attached hydrogens (tertiary/aromatic N) is 1. The maximum absolute atomic E-state index is 11.8. The van der Waals surface area contributed by atoms with Crippen molar-refractivity contribution in [2.24, 2.45) is 0 Å². The highest BCUT2D eigenvalue weighted by atomic mass is 32.2. The van der Waals surface area contributed by atoms with Crippen LogP contribution < -0.4 is 0 Å². The zero-order chi connectivity index (χ0) is 13.0. The van der Waals surface area contributed by atoms with E-state index >= 15 is 0 Å². The second-order valence-corrected chi connectivity index (χ2v) is 7.56. The van der Waals surface area contributed by atoms with Gasteiger partial charge in [0.15, 0.2) is 9.84 Å². The fourth-order valence-electron chi connectivity index (χ4n) is 1.10. The standard InChI is InChI=1S/C10H21NO4S/c1-5-11(8-9(12)13)6-7-16(14,15)10(2,3)4/h5-8H2,1-4H3,(H,12,13). The molecule has 0 bridgehead atoms. The monoisotopic (exact) mass is 251 g/mol. The van der Waals surface area contributed by atoms with Crippen molar-refractivity contribution in [1.29, 1.82) is 0 Å². The highest BCUT2D eigenvalue weighted by molar-refractivity contribution is 7.92. The number of sulfone groups is 1. The summed E-state index contributed by atoms with van der Waals surface area (Å²) in [5, 5.41) is 8.61. The van der Waals surface area contributed by atoms with Gasteiger partial charge in [0.2, 0.25) is 0 Å². The molecule has 6 heteroatoms. The van der Waals surface area contributed by atoms with Crippen molar-refractivity contribution < 1.29 is 18.3 Å². The molecule has 0 unspecified atom stereocenters. The van der Waals surface area contributed by atoms with Gasteiger partial charge in [-0.1, -0.05) is 6.92 Å². The van der Waals surface area contributed by atoms with Crippen LogP contribution in [-0.2, 0) is 14.6 Å². The molecule has 0 aromatic rings. The van der Waals surface area contributed by atoms with E-state index in [1.54, 1.807) is 25.7 Å². The van der Waals surface area contributed by atoms with Gasteiger partial charge in [-0.05, 0) is 27.3 Å². The van der Waals surface area contributed by atoms with Crippen molar-refractivity contribution in [2.45, 2.75) is 32.4 Å². The van der Waals surface area contributed by atoms with Gasteiger partial charge in [0.05, 0.1) is 17.0 Å². The summed E-state index contributed by atoms with van der Waals surface area (Å²) < 4.78 is 22.8. The van der Waals surface area contributed by atoms with Gasteiger partial charge in [-0.25, -0.2) is 8.42 Å². The minimum absolute atomic E-state index is 0.00236. The third-order valence-corrected chi connectivity index (χ3v) is 5.00. The van der Waals surface area contributed by atoms with E-state index < -0.39 is 20.6 Å². The van der Waals surface area contributed by atoms with Gasteiger partial charge in [0, 0.05) is 6.54 Å². The van der Waals surface area contributed by atoms with E-state index in [2.05, 4.69) is 0 Å². The Kier molecular flexibility index (Phi) is 5.41. The van der Waals surface area contributed by atoms with E-state index in [0.717, 1.165) is 0 Å². The summed E-state index contributed by atoms with van der Waals surface area (Å²) in [7, 11) is -3.17. The third kappa shape index (κ3) is 4.94. The second kappa shape index (κ2) is 5.63. The number of carboxylic acid groups (broad SMARTS) is 1. The van der Waals surface area contributed by atoms with E-state index in [-0.39, 0.29) is 18.8 Å². The molecular formula is C10H21NO4S. The number of aliphatic carboxylic acids is 1. The fraction of sp³-hybridized carbons (Fsp3) is 0.900. The summed E-state index contributed by atoms with van der Waals surface area (Å²) in [6.07, 6.45) is 0. The van der Waals surface area contributed by atoms with Crippen molar-refractivity contribution >= 4 is 15.8 Å². The number of likely N-dealkylation sites (N-methyl/N-ethyl adjacent to an activating group) is 1. The average molecular weight is 251 g/mol. The molecule has 5 nitrogen and oxygen atoms in total. The largest absolute Gasteiger partial charge is 0.480 e. The number of carbonyl (C=O) groups is 1. The predicted octanol–water partition coefficient (Wildman–Crippen LogP) is 0.606. The molecule has 0 aliphatic rings. The maximum Gasteiger partial charge on any atom is 0.317 e. The second-order valence-electron chi connectivity index (χ2n) is 4.69. The van der Waals surface area contributed by atoms with Crippen LogP contribution in [0.2, 0.25) is 0 Å². The molecule has 0 fully saturated rings. The van der Waals surface area contributed by atoms with E-state index in [0.29, 0.717) is 6.54 Å². The lowest BCUT2D eigenvalue weighted by Gasteiger charge is -2.23. The molecule has 0 atom stereocenters. The minimum atomic E-state index is -3.17. The maximum atomic E-state index is 11.8. The molecule has 0 amide bonds. The molecule has 0 aromatic heterocycles. The first-order valence-corrected chi connectivity index (χ1v) is 6.92. The van der Waals surface area contributed by atoms with Crippen LogP contribution in [0, 0.1) is 0 Å². The van der Waals surface area contributed by atoms with Crippen molar-refractivity contribution in [2.75, 3.05) is 25.4 Å². The lowest BCUT2D eigenvalue weighted by atomic mass is 10.3. The Balaban J connectivity index is 4.38. The summed E-state index contributed by atoms with van der Waals surface area (Å²) in [5.74, 6) is -0.938. The minimum Gasteiger partial charge on any atom is -0.480 e. The van der Waals surface area contributed by atoms with Gasteiger partial charge >= 0.3 is 5.97 Å². The van der Waals surface area contributed by atoms with Crippen molar-refractivity contribution in [1.82, 2.24) is 4.90 Å². The molecule has 0 saturated carbocycles. The molecule has 0 radical (unpaired) electrons. The quantitative estimate of drug-likeness (QED) is 0.748. The Bertz CT molecular complexity index is 329. The third-order valence-electron chi connectivity index (χ3n) is 2.42. The summed E-state index contributed by atoms with van der Waals surface area (Å²) in [4.78, 5) is 12.1. The van der Waals surface area contributed by atoms with Crippen LogP contribution in [0.4, 0.5) is 0 Å². The van der Waals surface area contributed by atoms with Gasteiger partial charge in [-0.2, -0.15) is 0 Å². The molecule has 0 aromatic carbocycles. The van der Waals surface area contributed by atoms with Gasteiger partial charge in [0.25, 0.3) is 0 Å². The number of carboxylic acids is 1. The molecule has 16 heavy (non-hydrogen) atoms. The molecule has 0 heterocycles. The zero-order valence-electron chi connectivity index (χ0n) is 10.4. The topological polar surface area (TPSA) is 74.7 Å².